The summed E-state index contributed by atoms with van der Waals surface area (Å²) in [5.41, 5.74) is 4.87. The normalized spacial score (nSPS) is 32.4. The van der Waals surface area contributed by atoms with Crippen molar-refractivity contribution >= 4 is 6.21 Å². The molecule has 144 valence electrons. The zero-order valence-electron chi connectivity index (χ0n) is 15.9. The third-order valence-corrected chi connectivity index (χ3v) is 7.53. The number of hydrogen-bond acceptors (Lipinski definition) is 4. The fourth-order valence-electron chi connectivity index (χ4n) is 6.84. The third-order valence-electron chi connectivity index (χ3n) is 7.53. The largest absolute Gasteiger partial charge is 0.454 e. The van der Waals surface area contributed by atoms with Crippen molar-refractivity contribution in [3.8, 4) is 22.6 Å². The summed E-state index contributed by atoms with van der Waals surface area (Å²) in [4.78, 5) is 0. The molecule has 1 aliphatic heterocycles. The molecule has 2 aromatic rings. The van der Waals surface area contributed by atoms with Crippen LogP contribution < -0.4 is 9.47 Å². The Kier molecular flexibility index (Phi) is 3.53. The molecule has 0 spiro atoms. The van der Waals surface area contributed by atoms with Crippen LogP contribution in [-0.4, -0.2) is 18.2 Å². The van der Waals surface area contributed by atoms with Gasteiger partial charge in [0.1, 0.15) is 0 Å². The Bertz CT molecular complexity index is 912. The standard InChI is InChI=1S/C24H25NO3/c26-25-13-15-1-3-19(4-2-15)20-8-21(23-22(9-20)27-14-28-23)24-10-16-5-17(11-24)7-18(6-16)12-24/h1-4,8-9,13,16-18,26H,5-7,10-12,14H2/b25-13+. The molecular weight excluding hydrogens is 350 g/mol. The molecule has 0 unspecified atom stereocenters. The number of ether oxygens (including phenoxy) is 2. The molecule has 1 heterocycles. The lowest BCUT2D eigenvalue weighted by Gasteiger charge is -2.57. The number of fused-ring (bicyclic) bond motifs is 1. The quantitative estimate of drug-likeness (QED) is 0.446. The van der Waals surface area contributed by atoms with Gasteiger partial charge >= 0.3 is 0 Å². The fraction of sp³-hybridized carbons (Fsp3) is 0.458. The number of nitrogens with zero attached hydrogens (tertiary/aromatic N) is 1. The molecule has 4 nitrogen and oxygen atoms in total. The molecule has 0 atom stereocenters. The highest BCUT2D eigenvalue weighted by atomic mass is 16.7. The summed E-state index contributed by atoms with van der Waals surface area (Å²) < 4.78 is 11.8. The van der Waals surface area contributed by atoms with Crippen molar-refractivity contribution in [3.05, 3.63) is 47.5 Å². The monoisotopic (exact) mass is 375 g/mol. The topological polar surface area (TPSA) is 51.1 Å². The van der Waals surface area contributed by atoms with Crippen molar-refractivity contribution < 1.29 is 14.7 Å². The summed E-state index contributed by atoms with van der Waals surface area (Å²) in [5, 5.41) is 11.9. The van der Waals surface area contributed by atoms with Crippen molar-refractivity contribution in [1.82, 2.24) is 0 Å². The molecule has 2 aromatic carbocycles. The summed E-state index contributed by atoms with van der Waals surface area (Å²) in [6.07, 6.45) is 9.69. The van der Waals surface area contributed by atoms with Gasteiger partial charge in [0.05, 0.1) is 6.21 Å². The zero-order valence-corrected chi connectivity index (χ0v) is 15.9. The molecule has 0 amide bonds. The van der Waals surface area contributed by atoms with Crippen LogP contribution in [0.15, 0.2) is 41.6 Å². The van der Waals surface area contributed by atoms with Crippen LogP contribution in [0.25, 0.3) is 11.1 Å². The van der Waals surface area contributed by atoms with Crippen LogP contribution in [0.4, 0.5) is 0 Å². The number of hydrogen-bond donors (Lipinski definition) is 1. The molecular formula is C24H25NO3. The highest BCUT2D eigenvalue weighted by Crippen LogP contribution is 2.63. The minimum absolute atomic E-state index is 0.270. The first kappa shape index (κ1) is 16.5. The second kappa shape index (κ2) is 6.00. The Hall–Kier alpha value is -2.49. The molecule has 5 aliphatic rings. The molecule has 4 aliphatic carbocycles. The van der Waals surface area contributed by atoms with Gasteiger partial charge in [0, 0.05) is 5.56 Å². The third kappa shape index (κ3) is 2.47. The number of oxime groups is 1. The van der Waals surface area contributed by atoms with E-state index in [1.54, 1.807) is 0 Å². The highest BCUT2D eigenvalue weighted by Gasteiger charge is 2.53. The van der Waals surface area contributed by atoms with Crippen molar-refractivity contribution in [3.63, 3.8) is 0 Å². The van der Waals surface area contributed by atoms with E-state index in [1.807, 2.05) is 12.1 Å². The predicted octanol–water partition coefficient (Wildman–Crippen LogP) is 5.36. The van der Waals surface area contributed by atoms with E-state index in [2.05, 4.69) is 29.4 Å². The van der Waals surface area contributed by atoms with Crippen LogP contribution in [0.2, 0.25) is 0 Å². The number of rotatable bonds is 3. The number of benzene rings is 2. The molecule has 1 N–H and O–H groups in total. The SMILES string of the molecule is O/N=C/c1ccc(-c2cc3c(c(C45CC6CC(CC(C6)C4)C5)c2)OCO3)cc1. The lowest BCUT2D eigenvalue weighted by atomic mass is 9.48. The first-order valence-electron chi connectivity index (χ1n) is 10.4. The Morgan fingerprint density at radius 3 is 2.21 bits per heavy atom. The van der Waals surface area contributed by atoms with E-state index in [0.717, 1.165) is 40.4 Å². The Morgan fingerprint density at radius 2 is 1.57 bits per heavy atom. The van der Waals surface area contributed by atoms with Gasteiger partial charge in [0.15, 0.2) is 11.5 Å². The molecule has 0 radical (unpaired) electrons. The average molecular weight is 375 g/mol. The fourth-order valence-corrected chi connectivity index (χ4v) is 6.84. The summed E-state index contributed by atoms with van der Waals surface area (Å²) in [5.74, 6) is 4.57. The van der Waals surface area contributed by atoms with Crippen molar-refractivity contribution in [2.24, 2.45) is 22.9 Å². The van der Waals surface area contributed by atoms with Crippen molar-refractivity contribution in [2.75, 3.05) is 6.79 Å². The van der Waals surface area contributed by atoms with Gasteiger partial charge in [-0.2, -0.15) is 0 Å². The van der Waals surface area contributed by atoms with Gasteiger partial charge in [0.25, 0.3) is 0 Å². The maximum absolute atomic E-state index is 8.74. The maximum atomic E-state index is 8.74. The molecule has 4 fully saturated rings. The van der Waals surface area contributed by atoms with Crippen molar-refractivity contribution in [1.29, 1.82) is 0 Å². The molecule has 28 heavy (non-hydrogen) atoms. The summed E-state index contributed by atoms with van der Waals surface area (Å²) >= 11 is 0. The Labute approximate surface area is 165 Å². The average Bonchev–Trinajstić information content (AvgIpc) is 3.15. The van der Waals surface area contributed by atoms with Crippen LogP contribution in [0.3, 0.4) is 0 Å². The minimum Gasteiger partial charge on any atom is -0.454 e. The van der Waals surface area contributed by atoms with E-state index >= 15 is 0 Å². The Morgan fingerprint density at radius 1 is 0.893 bits per heavy atom. The van der Waals surface area contributed by atoms with E-state index in [9.17, 15) is 0 Å². The second-order valence-corrected chi connectivity index (χ2v) is 9.32. The molecule has 4 heteroatoms. The van der Waals surface area contributed by atoms with Crippen LogP contribution in [0, 0.1) is 17.8 Å². The Balaban J connectivity index is 1.46. The first-order valence-corrected chi connectivity index (χ1v) is 10.4. The van der Waals surface area contributed by atoms with Gasteiger partial charge in [-0.15, -0.1) is 0 Å². The van der Waals surface area contributed by atoms with E-state index in [-0.39, 0.29) is 5.41 Å². The van der Waals surface area contributed by atoms with Gasteiger partial charge in [-0.3, -0.25) is 0 Å². The summed E-state index contributed by atoms with van der Waals surface area (Å²) in [6, 6.07) is 12.6. The molecule has 0 aromatic heterocycles. The smallest absolute Gasteiger partial charge is 0.231 e. The van der Waals surface area contributed by atoms with Gasteiger partial charge < -0.3 is 14.7 Å². The molecule has 0 saturated heterocycles. The predicted molar refractivity (Wildman–Crippen MR) is 107 cm³/mol. The van der Waals surface area contributed by atoms with Gasteiger partial charge in [-0.05, 0) is 90.5 Å². The second-order valence-electron chi connectivity index (χ2n) is 9.32. The summed E-state index contributed by atoms with van der Waals surface area (Å²) in [6.45, 7) is 0.323. The first-order chi connectivity index (χ1) is 13.7. The molecule has 4 saturated carbocycles. The van der Waals surface area contributed by atoms with Crippen LogP contribution >= 0.6 is 0 Å². The van der Waals surface area contributed by atoms with E-state index < -0.39 is 0 Å². The van der Waals surface area contributed by atoms with Crippen LogP contribution in [-0.2, 0) is 5.41 Å². The molecule has 4 bridgehead atoms. The maximum Gasteiger partial charge on any atom is 0.231 e. The van der Waals surface area contributed by atoms with Gasteiger partial charge in [0.2, 0.25) is 6.79 Å². The van der Waals surface area contributed by atoms with E-state index in [0.29, 0.717) is 6.79 Å². The summed E-state index contributed by atoms with van der Waals surface area (Å²) in [7, 11) is 0. The van der Waals surface area contributed by atoms with E-state index in [4.69, 9.17) is 14.7 Å². The zero-order chi connectivity index (χ0) is 18.7. The van der Waals surface area contributed by atoms with Gasteiger partial charge in [-0.25, -0.2) is 0 Å². The van der Waals surface area contributed by atoms with Crippen LogP contribution in [0.1, 0.15) is 49.7 Å². The van der Waals surface area contributed by atoms with E-state index in [1.165, 1.54) is 55.9 Å². The van der Waals surface area contributed by atoms with Gasteiger partial charge in [-0.1, -0.05) is 29.4 Å². The lowest BCUT2D eigenvalue weighted by molar-refractivity contribution is -0.00626. The lowest BCUT2D eigenvalue weighted by Crippen LogP contribution is -2.48. The highest BCUT2D eigenvalue weighted by molar-refractivity contribution is 5.81. The van der Waals surface area contributed by atoms with Crippen LogP contribution in [0.5, 0.6) is 11.5 Å². The van der Waals surface area contributed by atoms with Crippen molar-refractivity contribution in [2.45, 2.75) is 43.9 Å². The minimum atomic E-state index is 0.270. The molecule has 7 rings (SSSR count).